The van der Waals surface area contributed by atoms with Gasteiger partial charge in [-0.1, -0.05) is 18.6 Å². The van der Waals surface area contributed by atoms with E-state index in [1.165, 1.54) is 37.8 Å². The zero-order chi connectivity index (χ0) is 14.3. The predicted molar refractivity (Wildman–Crippen MR) is 82.3 cm³/mol. The van der Waals surface area contributed by atoms with Crippen LogP contribution in [0, 0.1) is 11.3 Å². The second kappa shape index (κ2) is 5.05. The van der Waals surface area contributed by atoms with Gasteiger partial charge in [-0.15, -0.1) is 0 Å². The van der Waals surface area contributed by atoms with Gasteiger partial charge in [-0.3, -0.25) is 4.79 Å². The van der Waals surface area contributed by atoms with Crippen molar-refractivity contribution < 1.29 is 4.79 Å². The smallest absolute Gasteiger partial charge is 0.160 e. The molecule has 2 nitrogen and oxygen atoms in total. The van der Waals surface area contributed by atoms with Gasteiger partial charge in [0.15, 0.2) is 5.78 Å². The van der Waals surface area contributed by atoms with Crippen LogP contribution < -0.4 is 0 Å². The molecule has 1 saturated heterocycles. The van der Waals surface area contributed by atoms with E-state index in [0.29, 0.717) is 23.5 Å². The van der Waals surface area contributed by atoms with Crippen LogP contribution >= 0.6 is 0 Å². The van der Waals surface area contributed by atoms with Gasteiger partial charge in [-0.2, -0.15) is 0 Å². The minimum absolute atomic E-state index is 0.336. The summed E-state index contributed by atoms with van der Waals surface area (Å²) in [5.41, 5.74) is 4.18. The Hall–Kier alpha value is -1.05. The van der Waals surface area contributed by atoms with Gasteiger partial charge in [0, 0.05) is 30.8 Å². The molecule has 0 radical (unpaired) electrons. The van der Waals surface area contributed by atoms with Gasteiger partial charge in [-0.05, 0) is 57.3 Å². The number of hydrogen-bond donors (Lipinski definition) is 0. The molecule has 1 heterocycles. The van der Waals surface area contributed by atoms with Crippen LogP contribution in [-0.4, -0.2) is 23.8 Å². The number of carbonyl (C=O) groups is 1. The van der Waals surface area contributed by atoms with E-state index in [9.17, 15) is 4.79 Å². The van der Waals surface area contributed by atoms with Crippen molar-refractivity contribution in [1.29, 1.82) is 0 Å². The number of rotatable bonds is 2. The highest BCUT2D eigenvalue weighted by atomic mass is 16.1. The fourth-order valence-electron chi connectivity index (χ4n) is 4.14. The summed E-state index contributed by atoms with van der Waals surface area (Å²) >= 11 is 0. The van der Waals surface area contributed by atoms with Crippen molar-refractivity contribution in [1.82, 2.24) is 4.90 Å². The lowest BCUT2D eigenvalue weighted by Gasteiger charge is -2.49. The number of hydrogen-bond acceptors (Lipinski definition) is 2. The van der Waals surface area contributed by atoms with Gasteiger partial charge in [0.1, 0.15) is 0 Å². The van der Waals surface area contributed by atoms with E-state index in [1.807, 2.05) is 6.92 Å². The zero-order valence-electron chi connectivity index (χ0n) is 13.0. The minimum atomic E-state index is 0.336. The van der Waals surface area contributed by atoms with Crippen molar-refractivity contribution in [3.63, 3.8) is 0 Å². The number of Topliss-reactive ketones (excluding diaryl/α,β-unsaturated/α-hetero) is 1. The summed E-state index contributed by atoms with van der Waals surface area (Å²) in [4.78, 5) is 14.7. The van der Waals surface area contributed by atoms with Crippen LogP contribution in [0.5, 0.6) is 0 Å². The molecule has 1 unspecified atom stereocenters. The second-order valence-corrected chi connectivity index (χ2v) is 7.29. The first kappa shape index (κ1) is 13.9. The predicted octanol–water partition coefficient (Wildman–Crippen LogP) is 4.08. The molecule has 0 aromatic rings. The molecule has 2 heteroatoms. The maximum atomic E-state index is 12.2. The summed E-state index contributed by atoms with van der Waals surface area (Å²) in [6.45, 7) is 10.5. The van der Waals surface area contributed by atoms with Crippen molar-refractivity contribution in [2.24, 2.45) is 11.3 Å². The maximum Gasteiger partial charge on any atom is 0.160 e. The SMILES string of the molecule is C=C(C)C1CC(=O)C(C)=C(N2CCC3(CCC3)CC2)C1. The first-order chi connectivity index (χ1) is 9.51. The lowest BCUT2D eigenvalue weighted by Crippen LogP contribution is -2.44. The quantitative estimate of drug-likeness (QED) is 0.707. The summed E-state index contributed by atoms with van der Waals surface area (Å²) in [6, 6.07) is 0. The highest BCUT2D eigenvalue weighted by Crippen LogP contribution is 2.49. The summed E-state index contributed by atoms with van der Waals surface area (Å²) in [5.74, 6) is 0.698. The molecule has 1 aliphatic heterocycles. The molecule has 3 aliphatic rings. The third kappa shape index (κ3) is 2.34. The van der Waals surface area contributed by atoms with Gasteiger partial charge in [0.25, 0.3) is 0 Å². The average Bonchev–Trinajstić information content (AvgIpc) is 2.40. The molecule has 1 spiro atoms. The third-order valence-electron chi connectivity index (χ3n) is 6.04. The number of likely N-dealkylation sites (tertiary alicyclic amines) is 1. The fourth-order valence-corrected chi connectivity index (χ4v) is 4.14. The van der Waals surface area contributed by atoms with E-state index in [4.69, 9.17) is 0 Å². The topological polar surface area (TPSA) is 20.3 Å². The van der Waals surface area contributed by atoms with Gasteiger partial charge < -0.3 is 4.90 Å². The van der Waals surface area contributed by atoms with Crippen LogP contribution in [0.3, 0.4) is 0 Å². The molecule has 20 heavy (non-hydrogen) atoms. The van der Waals surface area contributed by atoms with E-state index in [1.54, 1.807) is 0 Å². The van der Waals surface area contributed by atoms with Crippen molar-refractivity contribution in [3.8, 4) is 0 Å². The molecule has 2 aliphatic carbocycles. The van der Waals surface area contributed by atoms with E-state index in [-0.39, 0.29) is 0 Å². The van der Waals surface area contributed by atoms with Crippen molar-refractivity contribution in [2.75, 3.05) is 13.1 Å². The third-order valence-corrected chi connectivity index (χ3v) is 6.04. The molecule has 1 atom stereocenters. The highest BCUT2D eigenvalue weighted by Gasteiger charge is 2.40. The summed E-state index contributed by atoms with van der Waals surface area (Å²) in [7, 11) is 0. The lowest BCUT2D eigenvalue weighted by atomic mass is 9.63. The largest absolute Gasteiger partial charge is 0.374 e. The molecular formula is C18H27NO. The summed E-state index contributed by atoms with van der Waals surface area (Å²) in [6.07, 6.45) is 8.66. The van der Waals surface area contributed by atoms with E-state index in [0.717, 1.165) is 30.7 Å². The van der Waals surface area contributed by atoms with Crippen LogP contribution in [0.1, 0.15) is 58.8 Å². The van der Waals surface area contributed by atoms with Crippen LogP contribution in [0.15, 0.2) is 23.4 Å². The molecule has 1 saturated carbocycles. The molecule has 0 amide bonds. The molecule has 2 fully saturated rings. The monoisotopic (exact) mass is 273 g/mol. The van der Waals surface area contributed by atoms with Crippen LogP contribution in [0.2, 0.25) is 0 Å². The van der Waals surface area contributed by atoms with Crippen molar-refractivity contribution in [2.45, 2.75) is 58.8 Å². The highest BCUT2D eigenvalue weighted by molar-refractivity contribution is 5.96. The zero-order valence-corrected chi connectivity index (χ0v) is 13.0. The van der Waals surface area contributed by atoms with Crippen LogP contribution in [0.25, 0.3) is 0 Å². The van der Waals surface area contributed by atoms with Gasteiger partial charge in [0.2, 0.25) is 0 Å². The molecular weight excluding hydrogens is 246 g/mol. The van der Waals surface area contributed by atoms with Crippen LogP contribution in [-0.2, 0) is 4.79 Å². The summed E-state index contributed by atoms with van der Waals surface area (Å²) < 4.78 is 0. The molecule has 0 N–H and O–H groups in total. The number of piperidine rings is 1. The maximum absolute atomic E-state index is 12.2. The van der Waals surface area contributed by atoms with Crippen LogP contribution in [0.4, 0.5) is 0 Å². The number of nitrogens with zero attached hydrogens (tertiary/aromatic N) is 1. The molecule has 0 aromatic heterocycles. The van der Waals surface area contributed by atoms with E-state index in [2.05, 4.69) is 18.4 Å². The Labute approximate surface area is 122 Å². The minimum Gasteiger partial charge on any atom is -0.374 e. The molecule has 110 valence electrons. The normalized spacial score (nSPS) is 29.6. The average molecular weight is 273 g/mol. The second-order valence-electron chi connectivity index (χ2n) is 7.29. The van der Waals surface area contributed by atoms with E-state index < -0.39 is 0 Å². The Balaban J connectivity index is 1.73. The van der Waals surface area contributed by atoms with Gasteiger partial charge >= 0.3 is 0 Å². The molecule has 3 rings (SSSR count). The number of allylic oxidation sites excluding steroid dienone is 3. The van der Waals surface area contributed by atoms with E-state index >= 15 is 0 Å². The number of ketones is 1. The van der Waals surface area contributed by atoms with Gasteiger partial charge in [-0.25, -0.2) is 0 Å². The molecule has 0 aromatic carbocycles. The Morgan fingerprint density at radius 3 is 2.35 bits per heavy atom. The Morgan fingerprint density at radius 1 is 1.20 bits per heavy atom. The summed E-state index contributed by atoms with van der Waals surface area (Å²) in [5, 5.41) is 0. The first-order valence-corrected chi connectivity index (χ1v) is 8.14. The van der Waals surface area contributed by atoms with Gasteiger partial charge in [0.05, 0.1) is 0 Å². The lowest BCUT2D eigenvalue weighted by molar-refractivity contribution is -0.117. The Kier molecular flexibility index (Phi) is 3.51. The Morgan fingerprint density at radius 2 is 1.85 bits per heavy atom. The molecule has 0 bridgehead atoms. The van der Waals surface area contributed by atoms with Crippen molar-refractivity contribution in [3.05, 3.63) is 23.4 Å². The fraction of sp³-hybridized carbons (Fsp3) is 0.722. The van der Waals surface area contributed by atoms with Crippen molar-refractivity contribution >= 4 is 5.78 Å². The Bertz CT molecular complexity index is 460. The standard InChI is InChI=1S/C18H27NO/c1-13(2)15-11-16(14(3)17(20)12-15)19-9-7-18(8-10-19)5-4-6-18/h15H,1,4-12H2,2-3H3. The number of carbonyl (C=O) groups excluding carboxylic acids is 1. The first-order valence-electron chi connectivity index (χ1n) is 8.14.